The van der Waals surface area contributed by atoms with Crippen LogP contribution in [0.3, 0.4) is 0 Å². The van der Waals surface area contributed by atoms with E-state index in [1.54, 1.807) is 22.3 Å². The monoisotopic (exact) mass is 670 g/mol. The van der Waals surface area contributed by atoms with Gasteiger partial charge < -0.3 is 0 Å². The maximum Gasteiger partial charge on any atom is 0.00313 e. The molecule has 1 rings (SSSR count). The second kappa shape index (κ2) is 20.7. The summed E-state index contributed by atoms with van der Waals surface area (Å²) < 4.78 is 0. The molecule has 30 heavy (non-hydrogen) atoms. The van der Waals surface area contributed by atoms with Gasteiger partial charge in [-0.2, -0.15) is 0 Å². The summed E-state index contributed by atoms with van der Waals surface area (Å²) in [7, 11) is 0. The number of halogens is 4. The number of hydrogen-bond donors (Lipinski definition) is 0. The minimum Gasteiger partial charge on any atom is -0.0928 e. The zero-order valence-corrected chi connectivity index (χ0v) is 25.2. The van der Waals surface area contributed by atoms with Gasteiger partial charge in [-0.15, -0.1) is 0 Å². The molecule has 0 N–H and O–H groups in total. The molecule has 0 saturated heterocycles. The van der Waals surface area contributed by atoms with E-state index in [-0.39, 0.29) is 0 Å². The van der Waals surface area contributed by atoms with Crippen molar-refractivity contribution in [3.05, 3.63) is 34.4 Å². The van der Waals surface area contributed by atoms with E-state index in [1.165, 1.54) is 103 Å². The van der Waals surface area contributed by atoms with Gasteiger partial charge in [-0.25, -0.2) is 0 Å². The molecule has 0 atom stereocenters. The Morgan fingerprint density at radius 3 is 0.767 bits per heavy atom. The van der Waals surface area contributed by atoms with Crippen LogP contribution in [0.5, 0.6) is 0 Å². The molecule has 0 bridgehead atoms. The average molecular weight is 674 g/mol. The summed E-state index contributed by atoms with van der Waals surface area (Å²) in [4.78, 5) is 0. The lowest BCUT2D eigenvalue weighted by molar-refractivity contribution is 0.683. The normalized spacial score (nSPS) is 11.3. The van der Waals surface area contributed by atoms with Crippen LogP contribution >= 0.6 is 63.7 Å². The molecule has 174 valence electrons. The SMILES string of the molecule is BrCCCCCc1cc(CCCCCBr)c(CCCCCBr)cc1CCCCCBr. The van der Waals surface area contributed by atoms with Gasteiger partial charge in [0.05, 0.1) is 0 Å². The Kier molecular flexibility index (Phi) is 20.2. The molecule has 0 nitrogen and oxygen atoms in total. The third-order valence-electron chi connectivity index (χ3n) is 5.84. The Bertz CT molecular complexity index is 440. The van der Waals surface area contributed by atoms with Crippen molar-refractivity contribution in [2.45, 2.75) is 103 Å². The van der Waals surface area contributed by atoms with Crippen molar-refractivity contribution < 1.29 is 0 Å². The molecule has 0 spiro atoms. The first-order valence-corrected chi connectivity index (χ1v) is 16.6. The first-order valence-electron chi connectivity index (χ1n) is 12.1. The Hall–Kier alpha value is 1.14. The van der Waals surface area contributed by atoms with Crippen molar-refractivity contribution in [2.75, 3.05) is 21.3 Å². The molecule has 4 heteroatoms. The van der Waals surface area contributed by atoms with Crippen molar-refractivity contribution in [2.24, 2.45) is 0 Å². The van der Waals surface area contributed by atoms with E-state index in [4.69, 9.17) is 0 Å². The van der Waals surface area contributed by atoms with Crippen LogP contribution < -0.4 is 0 Å². The minimum absolute atomic E-state index is 1.14. The summed E-state index contributed by atoms with van der Waals surface area (Å²) in [5.74, 6) is 0. The number of rotatable bonds is 20. The van der Waals surface area contributed by atoms with Crippen molar-refractivity contribution in [3.8, 4) is 0 Å². The van der Waals surface area contributed by atoms with Crippen molar-refractivity contribution >= 4 is 63.7 Å². The highest BCUT2D eigenvalue weighted by Crippen LogP contribution is 2.25. The van der Waals surface area contributed by atoms with E-state index < -0.39 is 0 Å². The maximum absolute atomic E-state index is 3.59. The van der Waals surface area contributed by atoms with Crippen molar-refractivity contribution in [3.63, 3.8) is 0 Å². The van der Waals surface area contributed by atoms with Crippen LogP contribution in [0.4, 0.5) is 0 Å². The van der Waals surface area contributed by atoms with Crippen LogP contribution in [-0.2, 0) is 25.7 Å². The fourth-order valence-electron chi connectivity index (χ4n) is 4.07. The lowest BCUT2D eigenvalue weighted by Gasteiger charge is -2.17. The molecule has 0 radical (unpaired) electrons. The van der Waals surface area contributed by atoms with Crippen LogP contribution in [-0.4, -0.2) is 21.3 Å². The summed E-state index contributed by atoms with van der Waals surface area (Å²) >= 11 is 14.3. The minimum atomic E-state index is 1.14. The summed E-state index contributed by atoms with van der Waals surface area (Å²) in [6.45, 7) is 0. The number of hydrogen-bond acceptors (Lipinski definition) is 0. The third-order valence-corrected chi connectivity index (χ3v) is 8.08. The number of benzene rings is 1. The zero-order chi connectivity index (χ0) is 21.9. The van der Waals surface area contributed by atoms with Gasteiger partial charge in [0.1, 0.15) is 0 Å². The molecule has 0 heterocycles. The summed E-state index contributed by atoms with van der Waals surface area (Å²) in [6.07, 6.45) is 20.9. The average Bonchev–Trinajstić information content (AvgIpc) is 2.76. The van der Waals surface area contributed by atoms with Gasteiger partial charge in [0.25, 0.3) is 0 Å². The molecule has 0 fully saturated rings. The molecule has 0 aliphatic carbocycles. The molecule has 0 amide bonds. The highest BCUT2D eigenvalue weighted by molar-refractivity contribution is 9.09. The molecule has 0 aromatic heterocycles. The lowest BCUT2D eigenvalue weighted by Crippen LogP contribution is -2.04. The first kappa shape index (κ1) is 29.2. The van der Waals surface area contributed by atoms with E-state index in [0.29, 0.717) is 0 Å². The van der Waals surface area contributed by atoms with Gasteiger partial charge in [0.15, 0.2) is 0 Å². The summed E-state index contributed by atoms with van der Waals surface area (Å²) in [5.41, 5.74) is 6.62. The molecule has 0 unspecified atom stereocenters. The van der Waals surface area contributed by atoms with Gasteiger partial charge in [-0.1, -0.05) is 102 Å². The summed E-state index contributed by atoms with van der Waals surface area (Å²) in [5, 5.41) is 4.55. The Balaban J connectivity index is 2.93. The van der Waals surface area contributed by atoms with E-state index in [9.17, 15) is 0 Å². The van der Waals surface area contributed by atoms with E-state index in [2.05, 4.69) is 75.9 Å². The Morgan fingerprint density at radius 1 is 0.333 bits per heavy atom. The Morgan fingerprint density at radius 2 is 0.567 bits per heavy atom. The molecular formula is C26H42Br4. The van der Waals surface area contributed by atoms with Gasteiger partial charge in [0, 0.05) is 21.3 Å². The largest absolute Gasteiger partial charge is 0.0928 e. The first-order chi connectivity index (χ1) is 14.8. The van der Waals surface area contributed by atoms with Crippen LogP contribution in [0.25, 0.3) is 0 Å². The van der Waals surface area contributed by atoms with Crippen molar-refractivity contribution in [1.82, 2.24) is 0 Å². The standard InChI is InChI=1S/C26H42Br4/c27-17-9-1-5-13-23-21-25(15-7-3-11-19-29)26(16-8-4-12-20-30)22-24(23)14-6-2-10-18-28/h21-22H,1-20H2. The molecule has 1 aromatic rings. The lowest BCUT2D eigenvalue weighted by atomic mass is 9.88. The topological polar surface area (TPSA) is 0 Å². The van der Waals surface area contributed by atoms with Gasteiger partial charge in [0.2, 0.25) is 0 Å². The van der Waals surface area contributed by atoms with Gasteiger partial charge >= 0.3 is 0 Å². The Labute approximate surface area is 220 Å². The quantitative estimate of drug-likeness (QED) is 0.0955. The molecule has 0 aliphatic rings. The predicted molar refractivity (Wildman–Crippen MR) is 152 cm³/mol. The number of alkyl halides is 4. The van der Waals surface area contributed by atoms with E-state index in [0.717, 1.165) is 21.3 Å². The van der Waals surface area contributed by atoms with Crippen LogP contribution in [0.1, 0.15) is 99.3 Å². The van der Waals surface area contributed by atoms with Gasteiger partial charge in [-0.05, 0) is 99.3 Å². The second-order valence-corrected chi connectivity index (χ2v) is 11.6. The molecule has 0 saturated carbocycles. The van der Waals surface area contributed by atoms with Crippen molar-refractivity contribution in [1.29, 1.82) is 0 Å². The molecule has 1 aromatic carbocycles. The van der Waals surface area contributed by atoms with Crippen LogP contribution in [0, 0.1) is 0 Å². The highest BCUT2D eigenvalue weighted by atomic mass is 79.9. The predicted octanol–water partition coefficient (Wildman–Crippen LogP) is 10.1. The van der Waals surface area contributed by atoms with E-state index in [1.807, 2.05) is 0 Å². The van der Waals surface area contributed by atoms with Crippen LogP contribution in [0.15, 0.2) is 12.1 Å². The highest BCUT2D eigenvalue weighted by Gasteiger charge is 2.11. The van der Waals surface area contributed by atoms with E-state index >= 15 is 0 Å². The third kappa shape index (κ3) is 13.6. The van der Waals surface area contributed by atoms with Crippen LogP contribution in [0.2, 0.25) is 0 Å². The smallest absolute Gasteiger partial charge is 0.00313 e. The second-order valence-electron chi connectivity index (χ2n) is 8.39. The number of unbranched alkanes of at least 4 members (excludes halogenated alkanes) is 8. The fourth-order valence-corrected chi connectivity index (χ4v) is 5.66. The maximum atomic E-state index is 3.59. The summed E-state index contributed by atoms with van der Waals surface area (Å²) in [6, 6.07) is 5.25. The molecular weight excluding hydrogens is 632 g/mol. The van der Waals surface area contributed by atoms with Gasteiger partial charge in [-0.3, -0.25) is 0 Å². The fraction of sp³-hybridized carbons (Fsp3) is 0.769. The molecule has 0 aliphatic heterocycles. The zero-order valence-electron chi connectivity index (χ0n) is 18.8. The number of aryl methyl sites for hydroxylation is 4.